The molecule has 2 fully saturated rings. The summed E-state index contributed by atoms with van der Waals surface area (Å²) in [6.07, 6.45) is 3.58. The average molecular weight is 240 g/mol. The maximum absolute atomic E-state index is 11.6. The third-order valence-electron chi connectivity index (χ3n) is 5.31. The van der Waals surface area contributed by atoms with Gasteiger partial charge in [0.05, 0.1) is 0 Å². The Morgan fingerprint density at radius 2 is 1.94 bits per heavy atom. The van der Waals surface area contributed by atoms with E-state index in [0.717, 1.165) is 6.42 Å². The number of fused-ring (bicyclic) bond motifs is 2. The molecule has 3 heteroatoms. The van der Waals surface area contributed by atoms with Crippen LogP contribution in [0.5, 0.6) is 0 Å². The maximum Gasteiger partial charge on any atom is 0.333 e. The number of hydrogen-bond acceptors (Lipinski definition) is 2. The second-order valence-corrected chi connectivity index (χ2v) is 6.28. The summed E-state index contributed by atoms with van der Waals surface area (Å²) in [6, 6.07) is 0. The normalized spacial score (nSPS) is 37.4. The first-order chi connectivity index (χ1) is 7.29. The van der Waals surface area contributed by atoms with Crippen LogP contribution in [0.4, 0.5) is 0 Å². The quantitative estimate of drug-likeness (QED) is 0.550. The average Bonchev–Trinajstić information content (AvgIpc) is 2.50. The first kappa shape index (κ1) is 14.2. The van der Waals surface area contributed by atoms with Gasteiger partial charge in [-0.25, -0.2) is 4.79 Å². The molecule has 3 atom stereocenters. The highest BCUT2D eigenvalue weighted by Gasteiger charge is 2.62. The van der Waals surface area contributed by atoms with Crippen LogP contribution in [0.25, 0.3) is 0 Å². The fourth-order valence-electron chi connectivity index (χ4n) is 3.54. The highest BCUT2D eigenvalue weighted by Crippen LogP contribution is 2.66. The van der Waals surface area contributed by atoms with Crippen molar-refractivity contribution >= 4 is 5.97 Å². The fourth-order valence-corrected chi connectivity index (χ4v) is 3.54. The second kappa shape index (κ2) is 4.13. The Bertz CT molecular complexity index is 345. The number of ether oxygens (including phenoxy) is 1. The van der Waals surface area contributed by atoms with E-state index in [1.165, 1.54) is 12.8 Å². The molecule has 98 valence electrons. The molecule has 0 aliphatic heterocycles. The maximum atomic E-state index is 11.6. The monoisotopic (exact) mass is 240 g/mol. The number of rotatable bonds is 2. The van der Waals surface area contributed by atoms with Gasteiger partial charge in [0.15, 0.2) is 0 Å². The summed E-state index contributed by atoms with van der Waals surface area (Å²) in [4.78, 5) is 11.6. The summed E-state index contributed by atoms with van der Waals surface area (Å²) < 4.78 is 5.61. The number of carbonyl (C=O) groups excluding carboxylic acids is 1. The Balaban J connectivity index is 0.00000144. The molecule has 2 aliphatic rings. The van der Waals surface area contributed by atoms with Gasteiger partial charge < -0.3 is 10.2 Å². The molecule has 0 radical (unpaired) electrons. The zero-order chi connectivity index (χ0) is 12.1. The number of esters is 1. The van der Waals surface area contributed by atoms with Crippen molar-refractivity contribution in [3.8, 4) is 0 Å². The minimum Gasteiger partial charge on any atom is -0.458 e. The second-order valence-electron chi connectivity index (χ2n) is 6.28. The van der Waals surface area contributed by atoms with Crippen molar-refractivity contribution in [3.63, 3.8) is 0 Å². The lowest BCUT2D eigenvalue weighted by Gasteiger charge is -2.38. The third-order valence-corrected chi connectivity index (χ3v) is 5.31. The van der Waals surface area contributed by atoms with Crippen LogP contribution in [-0.4, -0.2) is 17.5 Å². The largest absolute Gasteiger partial charge is 0.458 e. The van der Waals surface area contributed by atoms with E-state index in [1.807, 2.05) is 0 Å². The zero-order valence-electron chi connectivity index (χ0n) is 11.3. The van der Waals surface area contributed by atoms with E-state index < -0.39 is 0 Å². The molecule has 2 saturated carbocycles. The smallest absolute Gasteiger partial charge is 0.333 e. The first-order valence-electron chi connectivity index (χ1n) is 6.15. The van der Waals surface area contributed by atoms with E-state index in [9.17, 15) is 4.79 Å². The third kappa shape index (κ3) is 1.81. The minimum atomic E-state index is -0.227. The molecular formula is C14H24O3. The molecular weight excluding hydrogens is 216 g/mol. The molecule has 0 amide bonds. The van der Waals surface area contributed by atoms with Crippen LogP contribution >= 0.6 is 0 Å². The van der Waals surface area contributed by atoms with Gasteiger partial charge in [0.2, 0.25) is 0 Å². The van der Waals surface area contributed by atoms with E-state index in [2.05, 4.69) is 27.4 Å². The number of carbonyl (C=O) groups is 1. The van der Waals surface area contributed by atoms with Gasteiger partial charge in [-0.1, -0.05) is 27.4 Å². The fraction of sp³-hybridized carbons (Fsp3) is 0.786. The summed E-state index contributed by atoms with van der Waals surface area (Å²) in [7, 11) is 0. The van der Waals surface area contributed by atoms with E-state index in [4.69, 9.17) is 4.74 Å². The summed E-state index contributed by atoms with van der Waals surface area (Å²) in [5, 5.41) is 0. The molecule has 2 aliphatic carbocycles. The van der Waals surface area contributed by atoms with E-state index in [0.29, 0.717) is 16.9 Å². The van der Waals surface area contributed by atoms with Crippen molar-refractivity contribution in [2.75, 3.05) is 0 Å². The summed E-state index contributed by atoms with van der Waals surface area (Å²) in [6.45, 7) is 12.3. The van der Waals surface area contributed by atoms with Crippen molar-refractivity contribution in [3.05, 3.63) is 12.2 Å². The number of hydrogen-bond donors (Lipinski definition) is 0. The van der Waals surface area contributed by atoms with Crippen molar-refractivity contribution in [1.82, 2.24) is 0 Å². The molecule has 0 aromatic carbocycles. The van der Waals surface area contributed by atoms with Crippen molar-refractivity contribution in [2.24, 2.45) is 16.7 Å². The highest BCUT2D eigenvalue weighted by atomic mass is 16.5. The van der Waals surface area contributed by atoms with Gasteiger partial charge >= 0.3 is 5.97 Å². The predicted octanol–water partition coefficient (Wildman–Crippen LogP) is 2.50. The molecule has 2 N–H and O–H groups in total. The van der Waals surface area contributed by atoms with Crippen LogP contribution in [0.2, 0.25) is 0 Å². The van der Waals surface area contributed by atoms with Crippen LogP contribution < -0.4 is 0 Å². The van der Waals surface area contributed by atoms with Gasteiger partial charge in [0.25, 0.3) is 0 Å². The molecule has 0 saturated heterocycles. The van der Waals surface area contributed by atoms with Crippen LogP contribution in [-0.2, 0) is 9.53 Å². The molecule has 17 heavy (non-hydrogen) atoms. The van der Waals surface area contributed by atoms with Gasteiger partial charge in [0.1, 0.15) is 6.10 Å². The standard InChI is InChI=1S/C14H22O2.H2O/c1-9(2)12(15)16-11-8-10-6-7-14(11,5)13(10,3)4;/h10-11H,1,6-8H2,2-5H3;1H2/t10-,11?,14-;/m1./s1. The molecule has 0 heterocycles. The van der Waals surface area contributed by atoms with Crippen LogP contribution in [0, 0.1) is 16.7 Å². The molecule has 0 spiro atoms. The Hall–Kier alpha value is -0.830. The Kier molecular flexibility index (Phi) is 3.45. The van der Waals surface area contributed by atoms with Crippen LogP contribution in [0.1, 0.15) is 47.0 Å². The van der Waals surface area contributed by atoms with Gasteiger partial charge in [-0.15, -0.1) is 0 Å². The molecule has 0 aromatic heterocycles. The Morgan fingerprint density at radius 1 is 1.35 bits per heavy atom. The summed E-state index contributed by atoms with van der Waals surface area (Å²) in [5.41, 5.74) is 0.958. The molecule has 0 aromatic rings. The first-order valence-corrected chi connectivity index (χ1v) is 6.15. The minimum absolute atomic E-state index is 0. The SMILES string of the molecule is C=C(C)C(=O)OC1C[C@H]2CC[C@@]1(C)C2(C)C.O. The zero-order valence-corrected chi connectivity index (χ0v) is 11.3. The molecule has 2 rings (SSSR count). The van der Waals surface area contributed by atoms with Crippen LogP contribution in [0.15, 0.2) is 12.2 Å². The van der Waals surface area contributed by atoms with Gasteiger partial charge in [-0.3, -0.25) is 0 Å². The lowest BCUT2D eigenvalue weighted by atomic mass is 9.70. The lowest BCUT2D eigenvalue weighted by Crippen LogP contribution is -2.38. The van der Waals surface area contributed by atoms with E-state index in [-0.39, 0.29) is 23.0 Å². The molecule has 2 bridgehead atoms. The highest BCUT2D eigenvalue weighted by molar-refractivity contribution is 5.87. The van der Waals surface area contributed by atoms with Gasteiger partial charge in [0, 0.05) is 11.0 Å². The molecule has 3 nitrogen and oxygen atoms in total. The van der Waals surface area contributed by atoms with E-state index >= 15 is 0 Å². The van der Waals surface area contributed by atoms with Gasteiger partial charge in [-0.05, 0) is 37.5 Å². The summed E-state index contributed by atoms with van der Waals surface area (Å²) in [5.74, 6) is 0.481. The predicted molar refractivity (Wildman–Crippen MR) is 67.5 cm³/mol. The topological polar surface area (TPSA) is 57.8 Å². The Labute approximate surface area is 104 Å². The van der Waals surface area contributed by atoms with E-state index in [1.54, 1.807) is 6.92 Å². The van der Waals surface area contributed by atoms with Crippen molar-refractivity contribution < 1.29 is 15.0 Å². The van der Waals surface area contributed by atoms with Gasteiger partial charge in [-0.2, -0.15) is 0 Å². The van der Waals surface area contributed by atoms with Crippen LogP contribution in [0.3, 0.4) is 0 Å². The van der Waals surface area contributed by atoms with Crippen molar-refractivity contribution in [1.29, 1.82) is 0 Å². The Morgan fingerprint density at radius 3 is 2.29 bits per heavy atom. The van der Waals surface area contributed by atoms with Crippen molar-refractivity contribution in [2.45, 2.75) is 53.1 Å². The summed E-state index contributed by atoms with van der Waals surface area (Å²) >= 11 is 0. The lowest BCUT2D eigenvalue weighted by molar-refractivity contribution is -0.151. The molecule has 1 unspecified atom stereocenters.